The molecule has 0 saturated carbocycles. The second kappa shape index (κ2) is 9.09. The summed E-state index contributed by atoms with van der Waals surface area (Å²) in [4.78, 5) is 18.4. The average Bonchev–Trinajstić information content (AvgIpc) is 3.17. The molecule has 1 amide bonds. The molecule has 0 aliphatic heterocycles. The highest BCUT2D eigenvalue weighted by atomic mass is 19.1. The van der Waals surface area contributed by atoms with E-state index in [4.69, 9.17) is 10.5 Å². The number of H-pyrrole nitrogens is 1. The first-order chi connectivity index (χ1) is 13.5. The molecule has 1 unspecified atom stereocenters. The molecular weight excluding hydrogens is 366 g/mol. The van der Waals surface area contributed by atoms with Gasteiger partial charge in [-0.2, -0.15) is 0 Å². The lowest BCUT2D eigenvalue weighted by atomic mass is 10.1. The number of imidazole rings is 1. The number of ether oxygens (including phenoxy) is 1. The second-order valence-electron chi connectivity index (χ2n) is 6.29. The number of hydrogen-bond acceptors (Lipinski definition) is 4. The van der Waals surface area contributed by atoms with Gasteiger partial charge in [-0.3, -0.25) is 4.79 Å². The van der Waals surface area contributed by atoms with Crippen molar-refractivity contribution in [3.05, 3.63) is 83.4 Å². The van der Waals surface area contributed by atoms with Crippen molar-refractivity contribution in [1.82, 2.24) is 15.3 Å². The molecule has 0 bridgehead atoms. The van der Waals surface area contributed by atoms with Crippen molar-refractivity contribution in [2.75, 3.05) is 0 Å². The highest BCUT2D eigenvalue weighted by Crippen LogP contribution is 2.18. The van der Waals surface area contributed by atoms with Gasteiger partial charge in [0.2, 0.25) is 5.91 Å². The summed E-state index contributed by atoms with van der Waals surface area (Å²) in [6.45, 7) is 0.250. The molecule has 0 aliphatic rings. The summed E-state index contributed by atoms with van der Waals surface area (Å²) in [5.74, 6) is -1.04. The van der Waals surface area contributed by atoms with Crippen LogP contribution in [-0.2, 0) is 24.4 Å². The molecule has 2 aromatic carbocycles. The molecule has 8 heteroatoms. The van der Waals surface area contributed by atoms with Crippen molar-refractivity contribution in [1.29, 1.82) is 0 Å². The van der Waals surface area contributed by atoms with Gasteiger partial charge in [0, 0.05) is 36.5 Å². The molecule has 0 fully saturated rings. The van der Waals surface area contributed by atoms with Crippen LogP contribution in [0.1, 0.15) is 16.8 Å². The maximum absolute atomic E-state index is 14.4. The fraction of sp³-hybridized carbons (Fsp3) is 0.200. The number of halogens is 2. The summed E-state index contributed by atoms with van der Waals surface area (Å²) in [6.07, 6.45) is 3.43. The van der Waals surface area contributed by atoms with E-state index < -0.39 is 17.8 Å². The first kappa shape index (κ1) is 19.5. The van der Waals surface area contributed by atoms with E-state index >= 15 is 0 Å². The zero-order valence-corrected chi connectivity index (χ0v) is 15.0. The SMILES string of the molecule is NC(=O)C(Cc1cnc[nH]1)NCc1ccc(OCc2cccc(F)c2)cc1F. The van der Waals surface area contributed by atoms with Gasteiger partial charge < -0.3 is 20.8 Å². The normalized spacial score (nSPS) is 11.9. The number of aromatic nitrogens is 2. The minimum absolute atomic E-state index is 0.123. The number of primary amides is 1. The van der Waals surface area contributed by atoms with Gasteiger partial charge >= 0.3 is 0 Å². The third kappa shape index (κ3) is 5.37. The summed E-state index contributed by atoms with van der Waals surface area (Å²) in [6, 6.07) is 9.79. The lowest BCUT2D eigenvalue weighted by Gasteiger charge is -2.15. The highest BCUT2D eigenvalue weighted by molar-refractivity contribution is 5.80. The van der Waals surface area contributed by atoms with Crippen LogP contribution >= 0.6 is 0 Å². The van der Waals surface area contributed by atoms with Crippen LogP contribution in [0.2, 0.25) is 0 Å². The van der Waals surface area contributed by atoms with E-state index in [0.717, 1.165) is 5.69 Å². The summed E-state index contributed by atoms with van der Waals surface area (Å²) in [7, 11) is 0. The quantitative estimate of drug-likeness (QED) is 0.527. The maximum Gasteiger partial charge on any atom is 0.234 e. The number of amides is 1. The molecule has 0 saturated heterocycles. The van der Waals surface area contributed by atoms with Gasteiger partial charge in [0.05, 0.1) is 12.4 Å². The Labute approximate surface area is 160 Å². The third-order valence-corrected chi connectivity index (χ3v) is 4.18. The highest BCUT2D eigenvalue weighted by Gasteiger charge is 2.17. The second-order valence-corrected chi connectivity index (χ2v) is 6.29. The Morgan fingerprint density at radius 2 is 2.11 bits per heavy atom. The predicted octanol–water partition coefficient (Wildman–Crippen LogP) is 2.45. The van der Waals surface area contributed by atoms with E-state index in [-0.39, 0.29) is 19.0 Å². The zero-order chi connectivity index (χ0) is 19.9. The molecule has 4 N–H and O–H groups in total. The van der Waals surface area contributed by atoms with Crippen LogP contribution in [-0.4, -0.2) is 21.9 Å². The number of carbonyl (C=O) groups excluding carboxylic acids is 1. The third-order valence-electron chi connectivity index (χ3n) is 4.18. The van der Waals surface area contributed by atoms with E-state index in [1.54, 1.807) is 30.5 Å². The van der Waals surface area contributed by atoms with Crippen LogP contribution in [0.15, 0.2) is 55.0 Å². The van der Waals surface area contributed by atoms with Gasteiger partial charge in [0.15, 0.2) is 0 Å². The Balaban J connectivity index is 1.57. The van der Waals surface area contributed by atoms with Crippen LogP contribution in [0, 0.1) is 11.6 Å². The Morgan fingerprint density at radius 1 is 1.25 bits per heavy atom. The Morgan fingerprint density at radius 3 is 2.79 bits per heavy atom. The van der Waals surface area contributed by atoms with Crippen molar-refractivity contribution in [3.8, 4) is 5.75 Å². The fourth-order valence-corrected chi connectivity index (χ4v) is 2.68. The van der Waals surface area contributed by atoms with Crippen molar-refractivity contribution in [2.24, 2.45) is 5.73 Å². The van der Waals surface area contributed by atoms with Gasteiger partial charge in [-0.25, -0.2) is 13.8 Å². The Hall–Kier alpha value is -3.26. The topological polar surface area (TPSA) is 93.0 Å². The molecule has 28 heavy (non-hydrogen) atoms. The monoisotopic (exact) mass is 386 g/mol. The lowest BCUT2D eigenvalue weighted by molar-refractivity contribution is -0.120. The van der Waals surface area contributed by atoms with E-state index in [0.29, 0.717) is 23.3 Å². The molecule has 3 rings (SSSR count). The number of hydrogen-bond donors (Lipinski definition) is 3. The molecule has 0 radical (unpaired) electrons. The molecule has 1 aromatic heterocycles. The number of nitrogens with two attached hydrogens (primary N) is 1. The average molecular weight is 386 g/mol. The number of carbonyl (C=O) groups is 1. The van der Waals surface area contributed by atoms with Crippen LogP contribution in [0.5, 0.6) is 5.75 Å². The first-order valence-corrected chi connectivity index (χ1v) is 8.67. The van der Waals surface area contributed by atoms with Crippen LogP contribution in [0.4, 0.5) is 8.78 Å². The van der Waals surface area contributed by atoms with Gasteiger partial charge in [-0.15, -0.1) is 0 Å². The summed E-state index contributed by atoms with van der Waals surface area (Å²) in [5.41, 5.74) is 7.17. The van der Waals surface area contributed by atoms with Crippen LogP contribution in [0.25, 0.3) is 0 Å². The number of nitrogens with zero attached hydrogens (tertiary/aromatic N) is 1. The van der Waals surface area contributed by atoms with Crippen molar-refractivity contribution >= 4 is 5.91 Å². The van der Waals surface area contributed by atoms with E-state index in [1.165, 1.54) is 24.5 Å². The standard InChI is InChI=1S/C20H20F2N4O2/c21-15-3-1-2-13(6-15)11-28-17-5-4-14(18(22)8-17)9-25-19(20(23)27)7-16-10-24-12-26-16/h1-6,8,10,12,19,25H,7,9,11H2,(H2,23,27)(H,24,26). The van der Waals surface area contributed by atoms with E-state index in [1.807, 2.05) is 0 Å². The molecule has 146 valence electrons. The largest absolute Gasteiger partial charge is 0.489 e. The number of nitrogens with one attached hydrogen (secondary N) is 2. The fourth-order valence-electron chi connectivity index (χ4n) is 2.68. The van der Waals surface area contributed by atoms with Crippen LogP contribution in [0.3, 0.4) is 0 Å². The molecule has 1 heterocycles. The van der Waals surface area contributed by atoms with E-state index in [9.17, 15) is 13.6 Å². The summed E-state index contributed by atoms with van der Waals surface area (Å²) < 4.78 is 33.0. The molecule has 3 aromatic rings. The van der Waals surface area contributed by atoms with Gasteiger partial charge in [0.25, 0.3) is 0 Å². The van der Waals surface area contributed by atoms with Crippen molar-refractivity contribution in [3.63, 3.8) is 0 Å². The summed E-state index contributed by atoms with van der Waals surface area (Å²) in [5, 5.41) is 2.95. The molecule has 0 aliphatic carbocycles. The van der Waals surface area contributed by atoms with E-state index in [2.05, 4.69) is 15.3 Å². The van der Waals surface area contributed by atoms with Gasteiger partial charge in [-0.1, -0.05) is 18.2 Å². The van der Waals surface area contributed by atoms with Crippen molar-refractivity contribution in [2.45, 2.75) is 25.6 Å². The van der Waals surface area contributed by atoms with Gasteiger partial charge in [0.1, 0.15) is 24.0 Å². The Bertz CT molecular complexity index is 932. The molecule has 1 atom stereocenters. The minimum atomic E-state index is -0.663. The number of benzene rings is 2. The number of rotatable bonds is 9. The summed E-state index contributed by atoms with van der Waals surface area (Å²) >= 11 is 0. The minimum Gasteiger partial charge on any atom is -0.489 e. The molecule has 0 spiro atoms. The Kier molecular flexibility index (Phi) is 6.33. The maximum atomic E-state index is 14.4. The van der Waals surface area contributed by atoms with Crippen molar-refractivity contribution < 1.29 is 18.3 Å². The molecule has 6 nitrogen and oxygen atoms in total. The van der Waals surface area contributed by atoms with Crippen LogP contribution < -0.4 is 15.8 Å². The number of aromatic amines is 1. The molecular formula is C20H20F2N4O2. The lowest BCUT2D eigenvalue weighted by Crippen LogP contribution is -2.42. The first-order valence-electron chi connectivity index (χ1n) is 8.67. The predicted molar refractivity (Wildman–Crippen MR) is 99.2 cm³/mol. The smallest absolute Gasteiger partial charge is 0.234 e. The zero-order valence-electron chi connectivity index (χ0n) is 15.0. The van der Waals surface area contributed by atoms with Gasteiger partial charge in [-0.05, 0) is 23.8 Å².